The number of nitrogens with two attached hydrogens (primary N) is 1. The van der Waals surface area contributed by atoms with Gasteiger partial charge in [0.05, 0.1) is 19.8 Å². The minimum absolute atomic E-state index is 0.0924. The van der Waals surface area contributed by atoms with Crippen LogP contribution in [0.1, 0.15) is 206 Å². The third kappa shape index (κ3) is 52.1. The van der Waals surface area contributed by atoms with Crippen molar-refractivity contribution in [2.45, 2.75) is 213 Å². The molecule has 0 aromatic carbocycles. The third-order valence-electron chi connectivity index (χ3n) is 10.7. The van der Waals surface area contributed by atoms with Crippen LogP contribution in [0.2, 0.25) is 0 Å². The van der Waals surface area contributed by atoms with E-state index in [9.17, 15) is 14.3 Å². The first-order valence-electron chi connectivity index (χ1n) is 26.4. The molecule has 0 saturated heterocycles. The topological polar surface area (TPSA) is 117 Å². The lowest BCUT2D eigenvalue weighted by molar-refractivity contribution is -0.154. The lowest BCUT2D eigenvalue weighted by atomic mass is 10.1. The zero-order chi connectivity index (χ0) is 48.0. The van der Waals surface area contributed by atoms with Crippen molar-refractivity contribution in [1.82, 2.24) is 0 Å². The van der Waals surface area contributed by atoms with Crippen LogP contribution in [0.5, 0.6) is 0 Å². The van der Waals surface area contributed by atoms with Crippen molar-refractivity contribution in [1.29, 1.82) is 0 Å². The van der Waals surface area contributed by atoms with E-state index in [2.05, 4.69) is 123 Å². The molecule has 378 valence electrons. The van der Waals surface area contributed by atoms with Crippen LogP contribution >= 0.6 is 7.82 Å². The van der Waals surface area contributed by atoms with E-state index < -0.39 is 13.9 Å². The number of carbonyl (C=O) groups is 1. The molecule has 2 atom stereocenters. The van der Waals surface area contributed by atoms with Crippen molar-refractivity contribution in [3.8, 4) is 0 Å². The SMILES string of the molecule is CC/C=C\C/C=C\C/C=C\C/C=C\C/C=C\CCCCCCCCCCCC(=O)OC(COCCCCCCCCCCC/C=C\C/C=C\C/C=C\C/C=C\CC)COP(=O)(O)OCCN. The second-order valence-electron chi connectivity index (χ2n) is 17.0. The summed E-state index contributed by atoms with van der Waals surface area (Å²) in [7, 11) is -4.30. The van der Waals surface area contributed by atoms with Crippen molar-refractivity contribution in [2.75, 3.05) is 33.0 Å². The summed E-state index contributed by atoms with van der Waals surface area (Å²) in [5.74, 6) is -0.343. The number of esters is 1. The van der Waals surface area contributed by atoms with E-state index in [-0.39, 0.29) is 32.3 Å². The van der Waals surface area contributed by atoms with Crippen LogP contribution in [0.25, 0.3) is 0 Å². The van der Waals surface area contributed by atoms with E-state index in [0.29, 0.717) is 13.0 Å². The van der Waals surface area contributed by atoms with E-state index in [0.717, 1.165) is 96.3 Å². The first-order valence-corrected chi connectivity index (χ1v) is 27.9. The maximum Gasteiger partial charge on any atom is 0.472 e. The average Bonchev–Trinajstić information content (AvgIpc) is 3.31. The summed E-state index contributed by atoms with van der Waals surface area (Å²) < 4.78 is 33.6. The van der Waals surface area contributed by atoms with E-state index in [1.165, 1.54) is 89.9 Å². The summed E-state index contributed by atoms with van der Waals surface area (Å²) >= 11 is 0. The number of hydrogen-bond acceptors (Lipinski definition) is 7. The van der Waals surface area contributed by atoms with Crippen LogP contribution in [-0.4, -0.2) is 49.9 Å². The van der Waals surface area contributed by atoms with Crippen LogP contribution in [0.15, 0.2) is 109 Å². The number of unbranched alkanes of at least 4 members (excludes halogenated alkanes) is 18. The molecule has 0 fully saturated rings. The Balaban J connectivity index is 3.99. The Morgan fingerprint density at radius 3 is 1.20 bits per heavy atom. The highest BCUT2D eigenvalue weighted by Crippen LogP contribution is 2.43. The van der Waals surface area contributed by atoms with E-state index >= 15 is 0 Å². The van der Waals surface area contributed by atoms with Gasteiger partial charge in [0.15, 0.2) is 0 Å². The van der Waals surface area contributed by atoms with Gasteiger partial charge in [-0.1, -0.05) is 213 Å². The Labute approximate surface area is 405 Å². The molecule has 0 aliphatic rings. The van der Waals surface area contributed by atoms with Gasteiger partial charge in [-0.3, -0.25) is 13.8 Å². The van der Waals surface area contributed by atoms with Gasteiger partial charge in [0, 0.05) is 19.6 Å². The summed E-state index contributed by atoms with van der Waals surface area (Å²) in [6.45, 7) is 4.67. The summed E-state index contributed by atoms with van der Waals surface area (Å²) in [6.07, 6.45) is 72.6. The quantitative estimate of drug-likeness (QED) is 0.0268. The Hall–Kier alpha value is -2.84. The van der Waals surface area contributed by atoms with Crippen molar-refractivity contribution in [3.05, 3.63) is 109 Å². The van der Waals surface area contributed by atoms with E-state index in [4.69, 9.17) is 24.3 Å². The fourth-order valence-electron chi connectivity index (χ4n) is 6.90. The highest BCUT2D eigenvalue weighted by molar-refractivity contribution is 7.47. The number of rotatable bonds is 49. The minimum Gasteiger partial charge on any atom is -0.457 e. The van der Waals surface area contributed by atoms with Gasteiger partial charge in [0.1, 0.15) is 6.10 Å². The predicted octanol–water partition coefficient (Wildman–Crippen LogP) is 16.8. The van der Waals surface area contributed by atoms with Crippen LogP contribution < -0.4 is 5.73 Å². The van der Waals surface area contributed by atoms with Crippen LogP contribution in [0, 0.1) is 0 Å². The molecule has 2 unspecified atom stereocenters. The summed E-state index contributed by atoms with van der Waals surface area (Å²) in [4.78, 5) is 22.6. The molecule has 0 saturated carbocycles. The van der Waals surface area contributed by atoms with Crippen LogP contribution in [-0.2, 0) is 27.9 Å². The number of hydrogen-bond donors (Lipinski definition) is 2. The molecule has 9 heteroatoms. The lowest BCUT2D eigenvalue weighted by Gasteiger charge is -2.20. The Bertz CT molecular complexity index is 1380. The molecular formula is C57H98NO7P. The molecule has 0 heterocycles. The van der Waals surface area contributed by atoms with Gasteiger partial charge >= 0.3 is 13.8 Å². The van der Waals surface area contributed by atoms with Crippen LogP contribution in [0.3, 0.4) is 0 Å². The number of carbonyl (C=O) groups excluding carboxylic acids is 1. The zero-order valence-corrected chi connectivity index (χ0v) is 43.0. The van der Waals surface area contributed by atoms with Gasteiger partial charge in [0.25, 0.3) is 0 Å². The third-order valence-corrected chi connectivity index (χ3v) is 11.7. The summed E-state index contributed by atoms with van der Waals surface area (Å²) in [5, 5.41) is 0. The molecule has 0 bridgehead atoms. The van der Waals surface area contributed by atoms with Gasteiger partial charge in [-0.15, -0.1) is 0 Å². The fourth-order valence-corrected chi connectivity index (χ4v) is 7.66. The van der Waals surface area contributed by atoms with Crippen molar-refractivity contribution in [2.24, 2.45) is 5.73 Å². The monoisotopic (exact) mass is 940 g/mol. The molecule has 66 heavy (non-hydrogen) atoms. The normalized spacial score (nSPS) is 14.2. The molecular weight excluding hydrogens is 842 g/mol. The summed E-state index contributed by atoms with van der Waals surface area (Å²) in [6, 6.07) is 0. The lowest BCUT2D eigenvalue weighted by Crippen LogP contribution is -2.28. The minimum atomic E-state index is -4.30. The Kier molecular flexibility index (Phi) is 50.8. The molecule has 3 N–H and O–H groups in total. The van der Waals surface area contributed by atoms with Crippen molar-refractivity contribution >= 4 is 13.8 Å². The molecule has 0 rings (SSSR count). The molecule has 0 aromatic heterocycles. The van der Waals surface area contributed by atoms with Gasteiger partial charge in [-0.25, -0.2) is 4.57 Å². The highest BCUT2D eigenvalue weighted by atomic mass is 31.2. The van der Waals surface area contributed by atoms with Gasteiger partial charge in [-0.05, 0) is 96.3 Å². The largest absolute Gasteiger partial charge is 0.472 e. The number of phosphoric ester groups is 1. The highest BCUT2D eigenvalue weighted by Gasteiger charge is 2.25. The predicted molar refractivity (Wildman–Crippen MR) is 284 cm³/mol. The molecule has 0 amide bonds. The van der Waals surface area contributed by atoms with E-state index in [1.807, 2.05) is 0 Å². The zero-order valence-electron chi connectivity index (χ0n) is 42.1. The van der Waals surface area contributed by atoms with Gasteiger partial charge in [0.2, 0.25) is 0 Å². The Morgan fingerprint density at radius 2 is 0.803 bits per heavy atom. The first-order chi connectivity index (χ1) is 32.4. The van der Waals surface area contributed by atoms with Gasteiger partial charge in [-0.2, -0.15) is 0 Å². The molecule has 0 aliphatic heterocycles. The van der Waals surface area contributed by atoms with Crippen LogP contribution in [0.4, 0.5) is 0 Å². The van der Waals surface area contributed by atoms with Crippen molar-refractivity contribution in [3.63, 3.8) is 0 Å². The molecule has 8 nitrogen and oxygen atoms in total. The number of phosphoric acid groups is 1. The molecule has 0 spiro atoms. The van der Waals surface area contributed by atoms with Gasteiger partial charge < -0.3 is 20.1 Å². The van der Waals surface area contributed by atoms with Crippen molar-refractivity contribution < 1.29 is 32.8 Å². The molecule has 0 aromatic rings. The smallest absolute Gasteiger partial charge is 0.457 e. The Morgan fingerprint density at radius 1 is 0.455 bits per heavy atom. The summed E-state index contributed by atoms with van der Waals surface area (Å²) in [5.41, 5.74) is 5.39. The molecule has 0 radical (unpaired) electrons. The maximum atomic E-state index is 12.7. The maximum absolute atomic E-state index is 12.7. The second-order valence-corrected chi connectivity index (χ2v) is 18.4. The number of ether oxygens (including phenoxy) is 2. The number of allylic oxidation sites excluding steroid dienone is 18. The molecule has 0 aliphatic carbocycles. The second kappa shape index (κ2) is 53.1. The average molecular weight is 940 g/mol. The van der Waals surface area contributed by atoms with E-state index in [1.54, 1.807) is 0 Å². The fraction of sp³-hybridized carbons (Fsp3) is 0.667. The first kappa shape index (κ1) is 63.2. The standard InChI is InChI=1S/C57H98NO7P/c1-3-5-7-9-11-13-15-17-19-21-23-25-27-28-29-30-32-34-36-38-40-42-44-46-48-50-57(59)65-56(55-64-66(60,61)63-53-51-58)54-62-52-49-47-45-43-41-39-37-35-33-31-26-24-22-20-18-16-14-12-10-8-6-4-2/h5-8,11-14,17-20,23-26,28-29,56H,3-4,9-10,15-16,21-22,27,30-55,58H2,1-2H3,(H,60,61)/b7-5-,8-6-,13-11-,14-12-,19-17-,20-18-,25-23-,26-24-,29-28-.